The lowest BCUT2D eigenvalue weighted by molar-refractivity contribution is 0.0954. The minimum atomic E-state index is -0.00974. The van der Waals surface area contributed by atoms with Crippen molar-refractivity contribution in [1.82, 2.24) is 0 Å². The molecule has 0 amide bonds. The standard InChI is InChI=1S/C18H20O3/c1-11-16(13-8-6-12(10-19)7-9-13)18(21)15-5-3-2-4-14(15)17(11)20/h2-5,12-13,19H,6-10H2,1H3. The third-order valence-electron chi connectivity index (χ3n) is 4.92. The molecular formula is C18H20O3. The van der Waals surface area contributed by atoms with Crippen LogP contribution in [0.25, 0.3) is 0 Å². The molecule has 1 saturated carbocycles. The maximum Gasteiger partial charge on any atom is 0.190 e. The van der Waals surface area contributed by atoms with Gasteiger partial charge in [0, 0.05) is 28.9 Å². The second-order valence-electron chi connectivity index (χ2n) is 6.14. The average Bonchev–Trinajstić information content (AvgIpc) is 2.53. The number of allylic oxidation sites excluding steroid dienone is 2. The van der Waals surface area contributed by atoms with E-state index < -0.39 is 0 Å². The molecule has 0 spiro atoms. The molecule has 0 radical (unpaired) electrons. The summed E-state index contributed by atoms with van der Waals surface area (Å²) in [5, 5.41) is 9.23. The van der Waals surface area contributed by atoms with E-state index in [1.807, 2.05) is 6.07 Å². The molecule has 1 aromatic rings. The van der Waals surface area contributed by atoms with Crippen molar-refractivity contribution in [3.63, 3.8) is 0 Å². The fourth-order valence-electron chi connectivity index (χ4n) is 3.64. The number of Topliss-reactive ketones (excluding diaryl/α,β-unsaturated/α-hetero) is 2. The molecule has 21 heavy (non-hydrogen) atoms. The van der Waals surface area contributed by atoms with Crippen LogP contribution in [-0.4, -0.2) is 23.3 Å². The van der Waals surface area contributed by atoms with Gasteiger partial charge in [-0.2, -0.15) is 0 Å². The van der Waals surface area contributed by atoms with Crippen LogP contribution in [0.15, 0.2) is 35.4 Å². The molecule has 1 N–H and O–H groups in total. The number of benzene rings is 1. The van der Waals surface area contributed by atoms with Crippen LogP contribution in [0.3, 0.4) is 0 Å². The van der Waals surface area contributed by atoms with Gasteiger partial charge in [-0.05, 0) is 44.4 Å². The molecular weight excluding hydrogens is 264 g/mol. The lowest BCUT2D eigenvalue weighted by Gasteiger charge is -2.31. The largest absolute Gasteiger partial charge is 0.396 e. The fraction of sp³-hybridized carbons (Fsp3) is 0.444. The Bertz CT molecular complexity index is 619. The van der Waals surface area contributed by atoms with Gasteiger partial charge in [0.05, 0.1) is 0 Å². The minimum Gasteiger partial charge on any atom is -0.396 e. The van der Waals surface area contributed by atoms with Crippen LogP contribution in [0.1, 0.15) is 53.3 Å². The van der Waals surface area contributed by atoms with E-state index in [0.29, 0.717) is 22.6 Å². The van der Waals surface area contributed by atoms with Crippen LogP contribution in [0, 0.1) is 11.8 Å². The Labute approximate surface area is 124 Å². The summed E-state index contributed by atoms with van der Waals surface area (Å²) >= 11 is 0. The van der Waals surface area contributed by atoms with E-state index in [9.17, 15) is 14.7 Å². The fourth-order valence-corrected chi connectivity index (χ4v) is 3.64. The first-order chi connectivity index (χ1) is 10.1. The van der Waals surface area contributed by atoms with E-state index in [2.05, 4.69) is 0 Å². The topological polar surface area (TPSA) is 54.4 Å². The third kappa shape index (κ3) is 2.36. The number of hydrogen-bond donors (Lipinski definition) is 1. The molecule has 0 atom stereocenters. The zero-order valence-electron chi connectivity index (χ0n) is 12.3. The van der Waals surface area contributed by atoms with E-state index >= 15 is 0 Å². The van der Waals surface area contributed by atoms with Crippen molar-refractivity contribution in [2.24, 2.45) is 11.8 Å². The number of ketones is 2. The lowest BCUT2D eigenvalue weighted by Crippen LogP contribution is -2.28. The van der Waals surface area contributed by atoms with Gasteiger partial charge in [0.1, 0.15) is 0 Å². The highest BCUT2D eigenvalue weighted by Gasteiger charge is 2.35. The Morgan fingerprint density at radius 1 is 1.00 bits per heavy atom. The zero-order valence-corrected chi connectivity index (χ0v) is 12.3. The summed E-state index contributed by atoms with van der Waals surface area (Å²) in [4.78, 5) is 25.2. The van der Waals surface area contributed by atoms with Gasteiger partial charge in [0.25, 0.3) is 0 Å². The van der Waals surface area contributed by atoms with Crippen LogP contribution in [-0.2, 0) is 0 Å². The first-order valence-corrected chi connectivity index (χ1v) is 7.63. The predicted molar refractivity (Wildman–Crippen MR) is 80.3 cm³/mol. The van der Waals surface area contributed by atoms with Crippen LogP contribution < -0.4 is 0 Å². The Morgan fingerprint density at radius 3 is 2.14 bits per heavy atom. The highest BCUT2D eigenvalue weighted by Crippen LogP contribution is 2.38. The second-order valence-corrected chi connectivity index (χ2v) is 6.14. The molecule has 2 aliphatic carbocycles. The van der Waals surface area contributed by atoms with Crippen molar-refractivity contribution in [2.45, 2.75) is 32.6 Å². The SMILES string of the molecule is CC1=C(C2CCC(CO)CC2)C(=O)c2ccccc2C1=O. The summed E-state index contributed by atoms with van der Waals surface area (Å²) in [7, 11) is 0. The number of fused-ring (bicyclic) bond motifs is 1. The molecule has 110 valence electrons. The van der Waals surface area contributed by atoms with Crippen LogP contribution in [0.5, 0.6) is 0 Å². The van der Waals surface area contributed by atoms with Crippen LogP contribution in [0.4, 0.5) is 0 Å². The van der Waals surface area contributed by atoms with Gasteiger partial charge < -0.3 is 5.11 Å². The van der Waals surface area contributed by atoms with Crippen LogP contribution in [0.2, 0.25) is 0 Å². The van der Waals surface area contributed by atoms with Crippen LogP contribution >= 0.6 is 0 Å². The second kappa shape index (κ2) is 5.57. The van der Waals surface area contributed by atoms with Gasteiger partial charge >= 0.3 is 0 Å². The quantitative estimate of drug-likeness (QED) is 0.907. The highest BCUT2D eigenvalue weighted by molar-refractivity contribution is 6.26. The third-order valence-corrected chi connectivity index (χ3v) is 4.92. The maximum atomic E-state index is 12.8. The Hall–Kier alpha value is -1.74. The molecule has 0 saturated heterocycles. The number of aliphatic hydroxyl groups is 1. The molecule has 3 rings (SSSR count). The van der Waals surface area contributed by atoms with Crippen molar-refractivity contribution in [2.75, 3.05) is 6.61 Å². The van der Waals surface area contributed by atoms with Crippen molar-refractivity contribution in [3.8, 4) is 0 Å². The molecule has 0 unspecified atom stereocenters. The summed E-state index contributed by atoms with van der Waals surface area (Å²) in [6, 6.07) is 7.10. The summed E-state index contributed by atoms with van der Waals surface area (Å²) in [5.74, 6) is 0.529. The Kier molecular flexibility index (Phi) is 3.77. The highest BCUT2D eigenvalue weighted by atomic mass is 16.3. The predicted octanol–water partition coefficient (Wildman–Crippen LogP) is 3.18. The van der Waals surface area contributed by atoms with Gasteiger partial charge in [0.2, 0.25) is 0 Å². The summed E-state index contributed by atoms with van der Waals surface area (Å²) in [5.41, 5.74) is 2.42. The van der Waals surface area contributed by atoms with Gasteiger partial charge in [-0.25, -0.2) is 0 Å². The zero-order chi connectivity index (χ0) is 15.0. The molecule has 0 aliphatic heterocycles. The van der Waals surface area contributed by atoms with Gasteiger partial charge in [-0.15, -0.1) is 0 Å². The van der Waals surface area contributed by atoms with E-state index in [0.717, 1.165) is 31.3 Å². The summed E-state index contributed by atoms with van der Waals surface area (Å²) in [6.45, 7) is 2.00. The van der Waals surface area contributed by atoms with Crippen molar-refractivity contribution >= 4 is 11.6 Å². The van der Waals surface area contributed by atoms with E-state index in [-0.39, 0.29) is 24.1 Å². The molecule has 0 aromatic heterocycles. The minimum absolute atomic E-state index is 0.00974. The van der Waals surface area contributed by atoms with Crippen molar-refractivity contribution in [3.05, 3.63) is 46.5 Å². The molecule has 3 heteroatoms. The normalized spacial score (nSPS) is 26.0. The summed E-state index contributed by atoms with van der Waals surface area (Å²) < 4.78 is 0. The Morgan fingerprint density at radius 2 is 1.57 bits per heavy atom. The average molecular weight is 284 g/mol. The molecule has 2 aliphatic rings. The van der Waals surface area contributed by atoms with Crippen molar-refractivity contribution < 1.29 is 14.7 Å². The lowest BCUT2D eigenvalue weighted by atomic mass is 9.72. The first kappa shape index (κ1) is 14.2. The van der Waals surface area contributed by atoms with Gasteiger partial charge in [-0.3, -0.25) is 9.59 Å². The number of carbonyl (C=O) groups is 2. The summed E-state index contributed by atoms with van der Waals surface area (Å²) in [6.07, 6.45) is 3.64. The monoisotopic (exact) mass is 284 g/mol. The van der Waals surface area contributed by atoms with E-state index in [1.165, 1.54) is 0 Å². The van der Waals surface area contributed by atoms with E-state index in [1.54, 1.807) is 25.1 Å². The number of carbonyl (C=O) groups excluding carboxylic acids is 2. The number of aliphatic hydroxyl groups excluding tert-OH is 1. The number of hydrogen-bond acceptors (Lipinski definition) is 3. The van der Waals surface area contributed by atoms with Gasteiger partial charge in [0.15, 0.2) is 11.6 Å². The van der Waals surface area contributed by atoms with E-state index in [4.69, 9.17) is 0 Å². The molecule has 3 nitrogen and oxygen atoms in total. The molecule has 0 bridgehead atoms. The number of rotatable bonds is 2. The van der Waals surface area contributed by atoms with Gasteiger partial charge in [-0.1, -0.05) is 24.3 Å². The molecule has 0 heterocycles. The first-order valence-electron chi connectivity index (χ1n) is 7.63. The Balaban J connectivity index is 1.94. The van der Waals surface area contributed by atoms with Crippen molar-refractivity contribution in [1.29, 1.82) is 0 Å². The molecule has 1 fully saturated rings. The maximum absolute atomic E-state index is 12.8. The molecule has 1 aromatic carbocycles. The smallest absolute Gasteiger partial charge is 0.190 e.